The minimum absolute atomic E-state index is 0.0307. The lowest BCUT2D eigenvalue weighted by molar-refractivity contribution is -0.317. The molecular formula is C41H76N2O15. The predicted molar refractivity (Wildman–Crippen MR) is 212 cm³/mol. The van der Waals surface area contributed by atoms with Gasteiger partial charge in [0.2, 0.25) is 6.79 Å². The molecule has 0 aromatic heterocycles. The first kappa shape index (κ1) is 50.8. The minimum Gasteiger partial charge on any atom is -0.459 e. The first-order valence-electron chi connectivity index (χ1n) is 20.8. The van der Waals surface area contributed by atoms with Gasteiger partial charge >= 0.3 is 5.97 Å². The monoisotopic (exact) mass is 837 g/mol. The number of likely N-dealkylation sites (N-methyl/N-ethyl adjacent to an activating group) is 1. The largest absolute Gasteiger partial charge is 0.459 e. The number of hydrogen-bond acceptors (Lipinski definition) is 17. The van der Waals surface area contributed by atoms with Gasteiger partial charge in [-0.3, -0.25) is 4.79 Å². The Labute approximate surface area is 345 Å². The molecule has 0 unspecified atom stereocenters. The van der Waals surface area contributed by atoms with Gasteiger partial charge in [0.15, 0.2) is 12.6 Å². The van der Waals surface area contributed by atoms with Crippen LogP contribution in [-0.2, 0) is 47.5 Å². The van der Waals surface area contributed by atoms with Gasteiger partial charge < -0.3 is 73.2 Å². The van der Waals surface area contributed by atoms with E-state index >= 15 is 0 Å². The number of oxime groups is 1. The Morgan fingerprint density at radius 1 is 0.897 bits per heavy atom. The van der Waals surface area contributed by atoms with Crippen molar-refractivity contribution >= 4 is 11.7 Å². The summed E-state index contributed by atoms with van der Waals surface area (Å²) >= 11 is 0. The highest BCUT2D eigenvalue weighted by atomic mass is 16.7. The smallest absolute Gasteiger partial charge is 0.311 e. The fourth-order valence-electron chi connectivity index (χ4n) is 8.93. The molecule has 17 heteroatoms. The Morgan fingerprint density at radius 3 is 2.14 bits per heavy atom. The molecule has 0 bridgehead atoms. The number of methoxy groups -OCH3 is 2. The highest BCUT2D eigenvalue weighted by molar-refractivity contribution is 5.88. The molecule has 3 aliphatic rings. The summed E-state index contributed by atoms with van der Waals surface area (Å²) in [4.78, 5) is 21.8. The van der Waals surface area contributed by atoms with Crippen molar-refractivity contribution < 1.29 is 73.1 Å². The fourth-order valence-corrected chi connectivity index (χ4v) is 8.93. The van der Waals surface area contributed by atoms with E-state index in [2.05, 4.69) is 5.16 Å². The zero-order valence-corrected chi connectivity index (χ0v) is 37.3. The Balaban J connectivity index is 2.22. The number of carbonyl (C=O) groups excluding carboxylic acids is 1. The van der Waals surface area contributed by atoms with Gasteiger partial charge in [-0.05, 0) is 74.9 Å². The highest BCUT2D eigenvalue weighted by Crippen LogP contribution is 2.41. The van der Waals surface area contributed by atoms with E-state index < -0.39 is 102 Å². The molecule has 17 nitrogen and oxygen atoms in total. The third-order valence-electron chi connectivity index (χ3n) is 12.6. The van der Waals surface area contributed by atoms with E-state index in [1.165, 1.54) is 14.0 Å². The number of nitrogens with zero attached hydrogens (tertiary/aromatic N) is 2. The van der Waals surface area contributed by atoms with Crippen molar-refractivity contribution in [3.63, 3.8) is 0 Å². The number of aliphatic hydroxyl groups is 5. The van der Waals surface area contributed by atoms with Crippen molar-refractivity contribution in [2.45, 2.75) is 179 Å². The molecule has 58 heavy (non-hydrogen) atoms. The van der Waals surface area contributed by atoms with Crippen molar-refractivity contribution in [3.8, 4) is 0 Å². The maximum atomic E-state index is 14.3. The van der Waals surface area contributed by atoms with Crippen LogP contribution in [0.15, 0.2) is 5.16 Å². The first-order valence-corrected chi connectivity index (χ1v) is 20.8. The van der Waals surface area contributed by atoms with E-state index in [0.29, 0.717) is 18.7 Å². The van der Waals surface area contributed by atoms with Crippen LogP contribution in [-0.4, -0.2) is 175 Å². The van der Waals surface area contributed by atoms with Gasteiger partial charge in [0.25, 0.3) is 0 Å². The number of hydrogen-bond donors (Lipinski definition) is 5. The molecule has 3 rings (SSSR count). The number of esters is 1. The summed E-state index contributed by atoms with van der Waals surface area (Å²) in [6.45, 7) is 17.3. The number of carbonyl (C=O) groups is 1. The number of ether oxygens (including phenoxy) is 8. The molecule has 340 valence electrons. The Bertz CT molecular complexity index is 1300. The lowest BCUT2D eigenvalue weighted by Crippen LogP contribution is -2.61. The lowest BCUT2D eigenvalue weighted by atomic mass is 9.73. The molecule has 0 aliphatic carbocycles. The topological polar surface area (TPSA) is 217 Å². The molecule has 0 aromatic rings. The van der Waals surface area contributed by atoms with Crippen molar-refractivity contribution in [2.75, 3.05) is 48.3 Å². The van der Waals surface area contributed by atoms with Crippen LogP contribution in [0.4, 0.5) is 0 Å². The van der Waals surface area contributed by atoms with E-state index in [4.69, 9.17) is 42.7 Å². The van der Waals surface area contributed by atoms with Crippen LogP contribution < -0.4 is 0 Å². The lowest BCUT2D eigenvalue weighted by Gasteiger charge is -2.49. The van der Waals surface area contributed by atoms with Gasteiger partial charge in [-0.25, -0.2) is 0 Å². The molecule has 0 aromatic carbocycles. The second-order valence-electron chi connectivity index (χ2n) is 17.7. The Morgan fingerprint density at radius 2 is 1.55 bits per heavy atom. The SMILES string of the molecule is CC[C@H]1OC(=O)[C@H](C)[C@@H](O[C@H]2C[C@](C)(OC)[C@@H](O)[C@H](C)O2)[C@H](C)[C@@H](O[C@@H]2O[C@H](C)C[C@H](N(C)C)[C@H]2O)[C@@](C)(O)C[C@@H](C)C(=NOCOCCOC)[C@H](C)[C@@H](O)[C@@]1(C)O. The van der Waals surface area contributed by atoms with Gasteiger partial charge in [0, 0.05) is 44.4 Å². The fraction of sp³-hybridized carbons (Fsp3) is 0.951. The molecule has 3 saturated heterocycles. The van der Waals surface area contributed by atoms with Gasteiger partial charge in [-0.15, -0.1) is 0 Å². The molecule has 3 heterocycles. The summed E-state index contributed by atoms with van der Waals surface area (Å²) < 4.78 is 48.1. The van der Waals surface area contributed by atoms with Crippen LogP contribution in [0.1, 0.15) is 94.9 Å². The van der Waals surface area contributed by atoms with E-state index in [-0.39, 0.29) is 44.8 Å². The van der Waals surface area contributed by atoms with Crippen LogP contribution in [0.2, 0.25) is 0 Å². The molecule has 5 N–H and O–H groups in total. The first-order chi connectivity index (χ1) is 27.0. The molecule has 0 saturated carbocycles. The maximum Gasteiger partial charge on any atom is 0.311 e. The van der Waals surface area contributed by atoms with Gasteiger partial charge in [-0.2, -0.15) is 0 Å². The minimum atomic E-state index is -1.97. The normalized spacial score (nSPS) is 45.8. The van der Waals surface area contributed by atoms with Crippen LogP contribution >= 0.6 is 0 Å². The summed E-state index contributed by atoms with van der Waals surface area (Å²) in [5, 5.41) is 63.6. The maximum absolute atomic E-state index is 14.3. The van der Waals surface area contributed by atoms with E-state index in [9.17, 15) is 30.3 Å². The van der Waals surface area contributed by atoms with Gasteiger partial charge in [0.1, 0.15) is 23.9 Å². The average molecular weight is 837 g/mol. The van der Waals surface area contributed by atoms with E-state index in [0.717, 1.165) is 0 Å². The Hall–Kier alpha value is -1.58. The zero-order chi connectivity index (χ0) is 43.9. The quantitative estimate of drug-likeness (QED) is 0.0778. The second-order valence-corrected chi connectivity index (χ2v) is 17.7. The molecule has 3 aliphatic heterocycles. The summed E-state index contributed by atoms with van der Waals surface area (Å²) in [6, 6.07) is -0.328. The average Bonchev–Trinajstić information content (AvgIpc) is 3.15. The van der Waals surface area contributed by atoms with Crippen molar-refractivity contribution in [3.05, 3.63) is 0 Å². The van der Waals surface area contributed by atoms with Crippen LogP contribution in [0.5, 0.6) is 0 Å². The number of aliphatic hydroxyl groups excluding tert-OH is 3. The summed E-state index contributed by atoms with van der Waals surface area (Å²) in [5.41, 5.74) is -4.49. The molecule has 0 radical (unpaired) electrons. The van der Waals surface area contributed by atoms with E-state index in [1.807, 2.05) is 32.8 Å². The summed E-state index contributed by atoms with van der Waals surface area (Å²) in [6.07, 6.45) is -9.49. The molecule has 0 spiro atoms. The second kappa shape index (κ2) is 21.5. The number of cyclic esters (lactones) is 1. The number of rotatable bonds is 13. The predicted octanol–water partition coefficient (Wildman–Crippen LogP) is 2.21. The molecule has 18 atom stereocenters. The molecular weight excluding hydrogens is 760 g/mol. The third-order valence-corrected chi connectivity index (χ3v) is 12.6. The zero-order valence-electron chi connectivity index (χ0n) is 37.3. The van der Waals surface area contributed by atoms with Crippen LogP contribution in [0.3, 0.4) is 0 Å². The highest BCUT2D eigenvalue weighted by Gasteiger charge is 2.53. The van der Waals surface area contributed by atoms with Crippen LogP contribution in [0.25, 0.3) is 0 Å². The van der Waals surface area contributed by atoms with Crippen molar-refractivity contribution in [1.29, 1.82) is 0 Å². The summed E-state index contributed by atoms with van der Waals surface area (Å²) in [7, 11) is 6.76. The molecule has 3 fully saturated rings. The van der Waals surface area contributed by atoms with Crippen LogP contribution in [0, 0.1) is 23.7 Å². The van der Waals surface area contributed by atoms with Gasteiger partial charge in [0.05, 0.1) is 66.6 Å². The summed E-state index contributed by atoms with van der Waals surface area (Å²) in [5.74, 6) is -4.14. The van der Waals surface area contributed by atoms with Crippen molar-refractivity contribution in [2.24, 2.45) is 28.8 Å². The van der Waals surface area contributed by atoms with Gasteiger partial charge in [-0.1, -0.05) is 32.9 Å². The molecule has 0 amide bonds. The van der Waals surface area contributed by atoms with E-state index in [1.54, 1.807) is 55.6 Å². The van der Waals surface area contributed by atoms with Crippen molar-refractivity contribution in [1.82, 2.24) is 4.90 Å². The third kappa shape index (κ3) is 12.1. The standard InChI is InChI=1S/C41H76N2O15/c1-15-29-41(10,49)34(45)24(4)31(42-53-21-52-17-16-50-13)22(2)19-39(8,48)36(58-38-32(44)28(43(11)12)18-23(3)54-38)25(5)33(26(6)37(47)56-29)57-30-20-40(9,51-14)35(46)27(7)55-30/h22-30,32-36,38,44-46,48-49H,15-21H2,1-14H3/t22-,23-,24+,25+,26-,27+,28+,29-,30+,32-,33+,34-,35+,36-,38+,39+,40+,41+/m1/s1. The Kier molecular flexibility index (Phi) is 18.8.